The van der Waals surface area contributed by atoms with E-state index in [0.717, 1.165) is 27.3 Å². The predicted molar refractivity (Wildman–Crippen MR) is 88.2 cm³/mol. The Kier molecular flexibility index (Phi) is 4.90. The van der Waals surface area contributed by atoms with Crippen molar-refractivity contribution in [3.05, 3.63) is 49.6 Å². The Morgan fingerprint density at radius 2 is 2.16 bits per heavy atom. The van der Waals surface area contributed by atoms with E-state index in [4.69, 9.17) is 17.3 Å². The maximum Gasteiger partial charge on any atom is 0.0642 e. The summed E-state index contributed by atoms with van der Waals surface area (Å²) in [4.78, 5) is 3.44. The van der Waals surface area contributed by atoms with Crippen molar-refractivity contribution in [1.82, 2.24) is 0 Å². The van der Waals surface area contributed by atoms with E-state index in [2.05, 4.69) is 32.3 Å². The fourth-order valence-electron chi connectivity index (χ4n) is 1.87. The molecule has 2 N–H and O–H groups in total. The molecule has 1 heterocycles. The molecule has 0 fully saturated rings. The molecule has 1 atom stereocenters. The second kappa shape index (κ2) is 6.27. The predicted octanol–water partition coefficient (Wildman–Crippen LogP) is 4.82. The van der Waals surface area contributed by atoms with E-state index >= 15 is 0 Å². The van der Waals surface area contributed by atoms with Gasteiger partial charge in [0.2, 0.25) is 0 Å². The topological polar surface area (TPSA) is 29.3 Å². The molecular weight excluding hydrogens is 344 g/mol. The van der Waals surface area contributed by atoms with Crippen molar-refractivity contribution in [3.63, 3.8) is 0 Å². The van der Waals surface area contributed by atoms with Gasteiger partial charge in [0.25, 0.3) is 0 Å². The number of thiophene rings is 1. The normalized spacial score (nSPS) is 12.5. The summed E-state index contributed by atoms with van der Waals surface area (Å²) in [6.45, 7) is 2.80. The number of nitrogens with two attached hydrogens (primary N) is 1. The van der Waals surface area contributed by atoms with Crippen molar-refractivity contribution >= 4 is 44.6 Å². The molecule has 2 rings (SSSR count). The van der Waals surface area contributed by atoms with E-state index in [1.807, 2.05) is 32.2 Å². The lowest BCUT2D eigenvalue weighted by Gasteiger charge is -2.21. The minimum absolute atomic E-state index is 0.00473. The Balaban J connectivity index is 2.17. The van der Waals surface area contributed by atoms with E-state index in [-0.39, 0.29) is 6.04 Å². The third-order valence-electron chi connectivity index (χ3n) is 2.92. The van der Waals surface area contributed by atoms with Gasteiger partial charge < -0.3 is 10.6 Å². The Bertz CT molecular complexity index is 568. The van der Waals surface area contributed by atoms with E-state index in [0.29, 0.717) is 0 Å². The van der Waals surface area contributed by atoms with Gasteiger partial charge in [0.05, 0.1) is 17.3 Å². The summed E-state index contributed by atoms with van der Waals surface area (Å²) in [5.41, 5.74) is 7.94. The second-order valence-electron chi connectivity index (χ2n) is 4.59. The average molecular weight is 360 g/mol. The van der Waals surface area contributed by atoms with Crippen LogP contribution in [0.3, 0.4) is 0 Å². The number of hydrogen-bond donors (Lipinski definition) is 1. The maximum absolute atomic E-state index is 6.34. The van der Waals surface area contributed by atoms with E-state index < -0.39 is 0 Å². The lowest BCUT2D eigenvalue weighted by molar-refractivity contribution is 0.817. The Labute approximate surface area is 131 Å². The average Bonchev–Trinajstić information content (AvgIpc) is 2.74. The summed E-state index contributed by atoms with van der Waals surface area (Å²) in [6, 6.07) is 8.15. The van der Waals surface area contributed by atoms with Gasteiger partial charge in [-0.3, -0.25) is 0 Å². The molecule has 0 saturated heterocycles. The van der Waals surface area contributed by atoms with E-state index in [1.165, 1.54) is 4.88 Å². The summed E-state index contributed by atoms with van der Waals surface area (Å²) >= 11 is 11.5. The zero-order valence-corrected chi connectivity index (χ0v) is 14.0. The Hall–Kier alpha value is -0.550. The Morgan fingerprint density at radius 3 is 2.68 bits per heavy atom. The van der Waals surface area contributed by atoms with Crippen LogP contribution in [-0.4, -0.2) is 7.05 Å². The molecule has 0 aliphatic rings. The van der Waals surface area contributed by atoms with Crippen LogP contribution in [0.2, 0.25) is 5.02 Å². The van der Waals surface area contributed by atoms with Crippen LogP contribution in [0.4, 0.5) is 5.69 Å². The first-order valence-electron chi connectivity index (χ1n) is 5.96. The minimum Gasteiger partial charge on any atom is -0.368 e. The molecule has 0 unspecified atom stereocenters. The molecule has 0 saturated carbocycles. The van der Waals surface area contributed by atoms with Crippen LogP contribution in [0.15, 0.2) is 34.1 Å². The fraction of sp³-hybridized carbons (Fsp3) is 0.286. The van der Waals surface area contributed by atoms with Crippen LogP contribution in [0.25, 0.3) is 0 Å². The van der Waals surface area contributed by atoms with Crippen LogP contribution in [0, 0.1) is 0 Å². The van der Waals surface area contributed by atoms with Gasteiger partial charge >= 0.3 is 0 Å². The highest BCUT2D eigenvalue weighted by molar-refractivity contribution is 9.10. The van der Waals surface area contributed by atoms with Gasteiger partial charge in [0.1, 0.15) is 0 Å². The van der Waals surface area contributed by atoms with Crippen LogP contribution in [-0.2, 0) is 6.54 Å². The summed E-state index contributed by atoms with van der Waals surface area (Å²) < 4.78 is 1.12. The number of benzene rings is 1. The molecule has 0 amide bonds. The third kappa shape index (κ3) is 3.72. The van der Waals surface area contributed by atoms with Crippen molar-refractivity contribution in [2.24, 2.45) is 5.73 Å². The summed E-state index contributed by atoms with van der Waals surface area (Å²) in [5, 5.41) is 2.83. The molecule has 2 nitrogen and oxygen atoms in total. The minimum atomic E-state index is 0.00473. The number of rotatable bonds is 4. The highest BCUT2D eigenvalue weighted by Crippen LogP contribution is 2.30. The standard InChI is InChI=1S/C14H16BrClN2S/c1-9(17)10-3-4-14(13(16)5-10)18(2)7-12-6-11(15)8-19-12/h3-6,8-9H,7,17H2,1-2H3/t9-/m1/s1. The van der Waals surface area contributed by atoms with E-state index in [9.17, 15) is 0 Å². The zero-order valence-electron chi connectivity index (χ0n) is 10.9. The smallest absolute Gasteiger partial charge is 0.0642 e. The number of halogens is 2. The Morgan fingerprint density at radius 1 is 1.42 bits per heavy atom. The molecule has 1 aromatic carbocycles. The van der Waals surface area contributed by atoms with Crippen LogP contribution in [0.1, 0.15) is 23.4 Å². The SMILES string of the molecule is C[C@@H](N)c1ccc(N(C)Cc2cc(Br)cs2)c(Cl)c1. The van der Waals surface area contributed by atoms with Crippen molar-refractivity contribution in [2.45, 2.75) is 19.5 Å². The molecular formula is C14H16BrClN2S. The molecule has 0 radical (unpaired) electrons. The van der Waals surface area contributed by atoms with Gasteiger partial charge in [-0.15, -0.1) is 11.3 Å². The summed E-state index contributed by atoms with van der Waals surface area (Å²) in [6.07, 6.45) is 0. The number of hydrogen-bond acceptors (Lipinski definition) is 3. The van der Waals surface area contributed by atoms with Gasteiger partial charge in [0.15, 0.2) is 0 Å². The fourth-order valence-corrected chi connectivity index (χ4v) is 3.71. The molecule has 0 aliphatic carbocycles. The highest BCUT2D eigenvalue weighted by Gasteiger charge is 2.10. The molecule has 1 aromatic heterocycles. The number of anilines is 1. The van der Waals surface area contributed by atoms with E-state index in [1.54, 1.807) is 11.3 Å². The maximum atomic E-state index is 6.34. The van der Waals surface area contributed by atoms with Gasteiger partial charge in [0, 0.05) is 27.8 Å². The zero-order chi connectivity index (χ0) is 14.0. The molecule has 0 spiro atoms. The van der Waals surface area contributed by atoms with Crippen molar-refractivity contribution in [3.8, 4) is 0 Å². The lowest BCUT2D eigenvalue weighted by atomic mass is 10.1. The van der Waals surface area contributed by atoms with Gasteiger partial charge in [-0.05, 0) is 46.6 Å². The van der Waals surface area contributed by atoms with Crippen molar-refractivity contribution < 1.29 is 0 Å². The monoisotopic (exact) mass is 358 g/mol. The third-order valence-corrected chi connectivity index (χ3v) is 4.91. The van der Waals surface area contributed by atoms with Crippen LogP contribution >= 0.6 is 38.9 Å². The van der Waals surface area contributed by atoms with Crippen LogP contribution < -0.4 is 10.6 Å². The van der Waals surface area contributed by atoms with Gasteiger partial charge in [-0.2, -0.15) is 0 Å². The molecule has 102 valence electrons. The van der Waals surface area contributed by atoms with Gasteiger partial charge in [-0.1, -0.05) is 17.7 Å². The molecule has 19 heavy (non-hydrogen) atoms. The quantitative estimate of drug-likeness (QED) is 0.848. The largest absolute Gasteiger partial charge is 0.368 e. The number of nitrogens with zero attached hydrogens (tertiary/aromatic N) is 1. The van der Waals surface area contributed by atoms with Gasteiger partial charge in [-0.25, -0.2) is 0 Å². The first-order chi connectivity index (χ1) is 8.97. The first kappa shape index (κ1) is 14.9. The second-order valence-corrected chi connectivity index (χ2v) is 6.91. The first-order valence-corrected chi connectivity index (χ1v) is 8.01. The summed E-state index contributed by atoms with van der Waals surface area (Å²) in [5.74, 6) is 0. The molecule has 0 aliphatic heterocycles. The summed E-state index contributed by atoms with van der Waals surface area (Å²) in [7, 11) is 2.04. The molecule has 5 heteroatoms. The van der Waals surface area contributed by atoms with Crippen LogP contribution in [0.5, 0.6) is 0 Å². The molecule has 0 bridgehead atoms. The van der Waals surface area contributed by atoms with Crippen molar-refractivity contribution in [1.29, 1.82) is 0 Å². The lowest BCUT2D eigenvalue weighted by Crippen LogP contribution is -2.16. The van der Waals surface area contributed by atoms with Crippen molar-refractivity contribution in [2.75, 3.05) is 11.9 Å². The molecule has 2 aromatic rings. The highest BCUT2D eigenvalue weighted by atomic mass is 79.9.